The molecule has 0 aliphatic carbocycles. The van der Waals surface area contributed by atoms with Crippen molar-refractivity contribution in [3.05, 3.63) is 108 Å². The lowest BCUT2D eigenvalue weighted by Gasteiger charge is -2.23. The number of fused-ring (bicyclic) bond motifs is 1. The molecule has 4 aromatic rings. The minimum atomic E-state index is 0.124. The van der Waals surface area contributed by atoms with E-state index in [-0.39, 0.29) is 6.04 Å². The molecule has 0 saturated heterocycles. The Kier molecular flexibility index (Phi) is 4.88. The van der Waals surface area contributed by atoms with E-state index in [1.54, 1.807) is 0 Å². The Hall–Kier alpha value is -3.13. The second kappa shape index (κ2) is 7.63. The lowest BCUT2D eigenvalue weighted by atomic mass is 9.89. The highest BCUT2D eigenvalue weighted by molar-refractivity contribution is 5.96. The lowest BCUT2D eigenvalue weighted by molar-refractivity contribution is 0.831. The highest BCUT2D eigenvalue weighted by Crippen LogP contribution is 2.37. The van der Waals surface area contributed by atoms with Crippen molar-refractivity contribution in [2.45, 2.75) is 25.8 Å². The van der Waals surface area contributed by atoms with Crippen LogP contribution < -0.4 is 5.32 Å². The molecule has 0 aliphatic rings. The van der Waals surface area contributed by atoms with Crippen molar-refractivity contribution in [2.24, 2.45) is 0 Å². The van der Waals surface area contributed by atoms with Gasteiger partial charge in [-0.2, -0.15) is 0 Å². The fourth-order valence-corrected chi connectivity index (χ4v) is 3.65. The van der Waals surface area contributed by atoms with Crippen LogP contribution >= 0.6 is 0 Å². The molecule has 1 N–H and O–H groups in total. The predicted molar refractivity (Wildman–Crippen MR) is 114 cm³/mol. The molecule has 0 radical (unpaired) electrons. The molecule has 0 bridgehead atoms. The molecule has 1 aromatic heterocycles. The summed E-state index contributed by atoms with van der Waals surface area (Å²) in [6, 6.07) is 29.9. The Morgan fingerprint density at radius 3 is 2.26 bits per heavy atom. The van der Waals surface area contributed by atoms with Gasteiger partial charge in [0.1, 0.15) is 0 Å². The van der Waals surface area contributed by atoms with Crippen LogP contribution in [0.3, 0.4) is 0 Å². The maximum atomic E-state index is 4.53. The van der Waals surface area contributed by atoms with E-state index >= 15 is 0 Å². The summed E-state index contributed by atoms with van der Waals surface area (Å²) in [4.78, 5) is 4.53. The average molecular weight is 352 g/mol. The minimum Gasteiger partial charge on any atom is -0.376 e. The monoisotopic (exact) mass is 352 g/mol. The zero-order valence-electron chi connectivity index (χ0n) is 15.8. The maximum absolute atomic E-state index is 4.53. The van der Waals surface area contributed by atoms with Crippen LogP contribution in [-0.2, 0) is 0 Å². The summed E-state index contributed by atoms with van der Waals surface area (Å²) >= 11 is 0. The molecule has 0 spiro atoms. The summed E-state index contributed by atoms with van der Waals surface area (Å²) in [7, 11) is 0. The topological polar surface area (TPSA) is 24.9 Å². The third kappa shape index (κ3) is 3.56. The van der Waals surface area contributed by atoms with E-state index in [2.05, 4.69) is 96.9 Å². The van der Waals surface area contributed by atoms with Gasteiger partial charge in [0.05, 0.1) is 11.7 Å². The lowest BCUT2D eigenvalue weighted by Crippen LogP contribution is -2.11. The average Bonchev–Trinajstić information content (AvgIpc) is 2.74. The Balaban J connectivity index is 1.81. The standard InChI is InChI=1S/C25H24N2/c1-18(20-10-4-3-5-11-20)22-16-15-21-12-6-7-13-23(21)25(22)27-19(2)24-14-8-9-17-26-24/h3-19,27H,1-2H3. The highest BCUT2D eigenvalue weighted by Gasteiger charge is 2.17. The number of nitrogens with one attached hydrogen (secondary N) is 1. The van der Waals surface area contributed by atoms with Gasteiger partial charge in [0, 0.05) is 23.2 Å². The van der Waals surface area contributed by atoms with Crippen LogP contribution in [0.2, 0.25) is 0 Å². The second-order valence-electron chi connectivity index (χ2n) is 7.00. The number of aromatic nitrogens is 1. The molecule has 2 heteroatoms. The van der Waals surface area contributed by atoms with Crippen LogP contribution in [0.4, 0.5) is 5.69 Å². The molecule has 27 heavy (non-hydrogen) atoms. The molecule has 1 heterocycles. The molecule has 4 rings (SSSR count). The van der Waals surface area contributed by atoms with E-state index in [1.165, 1.54) is 27.6 Å². The Labute approximate surface area is 160 Å². The number of nitrogens with zero attached hydrogens (tertiary/aromatic N) is 1. The van der Waals surface area contributed by atoms with Crippen LogP contribution in [-0.4, -0.2) is 4.98 Å². The molecule has 0 amide bonds. The van der Waals surface area contributed by atoms with Gasteiger partial charge in [0.15, 0.2) is 0 Å². The quantitative estimate of drug-likeness (QED) is 0.440. The van der Waals surface area contributed by atoms with Gasteiger partial charge in [-0.1, -0.05) is 79.7 Å². The second-order valence-corrected chi connectivity index (χ2v) is 7.00. The van der Waals surface area contributed by atoms with Gasteiger partial charge in [-0.3, -0.25) is 4.98 Å². The summed E-state index contributed by atoms with van der Waals surface area (Å²) in [5, 5.41) is 6.26. The third-order valence-corrected chi connectivity index (χ3v) is 5.22. The fourth-order valence-electron chi connectivity index (χ4n) is 3.65. The first kappa shape index (κ1) is 17.3. The Bertz CT molecular complexity index is 1030. The number of pyridine rings is 1. The first-order chi connectivity index (χ1) is 13.2. The maximum Gasteiger partial charge on any atom is 0.0657 e. The summed E-state index contributed by atoms with van der Waals surface area (Å²) in [5.74, 6) is 0.300. The smallest absolute Gasteiger partial charge is 0.0657 e. The zero-order chi connectivity index (χ0) is 18.6. The van der Waals surface area contributed by atoms with Gasteiger partial charge in [-0.25, -0.2) is 0 Å². The number of hydrogen-bond acceptors (Lipinski definition) is 2. The molecular weight excluding hydrogens is 328 g/mol. The van der Waals surface area contributed by atoms with Crippen molar-refractivity contribution < 1.29 is 0 Å². The molecule has 134 valence electrons. The van der Waals surface area contributed by atoms with E-state index in [0.717, 1.165) is 5.69 Å². The van der Waals surface area contributed by atoms with Crippen LogP contribution in [0.25, 0.3) is 10.8 Å². The minimum absolute atomic E-state index is 0.124. The van der Waals surface area contributed by atoms with Crippen LogP contribution in [0.15, 0.2) is 91.1 Å². The predicted octanol–water partition coefficient (Wildman–Crippen LogP) is 6.56. The first-order valence-electron chi connectivity index (χ1n) is 9.48. The van der Waals surface area contributed by atoms with Crippen LogP contribution in [0.5, 0.6) is 0 Å². The van der Waals surface area contributed by atoms with Gasteiger partial charge >= 0.3 is 0 Å². The molecule has 2 unspecified atom stereocenters. The molecule has 0 saturated carbocycles. The molecule has 0 fully saturated rings. The van der Waals surface area contributed by atoms with E-state index in [9.17, 15) is 0 Å². The molecule has 0 aliphatic heterocycles. The van der Waals surface area contributed by atoms with Gasteiger partial charge in [0.2, 0.25) is 0 Å². The van der Waals surface area contributed by atoms with Crippen molar-refractivity contribution in [1.82, 2.24) is 4.98 Å². The molecular formula is C25H24N2. The van der Waals surface area contributed by atoms with Gasteiger partial charge in [-0.05, 0) is 35.6 Å². The SMILES string of the molecule is CC(Nc1c(C(C)c2ccccc2)ccc2ccccc12)c1ccccn1. The van der Waals surface area contributed by atoms with Crippen molar-refractivity contribution in [2.75, 3.05) is 5.32 Å². The normalized spacial score (nSPS) is 13.3. The van der Waals surface area contributed by atoms with Crippen molar-refractivity contribution in [3.8, 4) is 0 Å². The zero-order valence-corrected chi connectivity index (χ0v) is 15.8. The van der Waals surface area contributed by atoms with Gasteiger partial charge < -0.3 is 5.32 Å². The van der Waals surface area contributed by atoms with Crippen molar-refractivity contribution in [1.29, 1.82) is 0 Å². The van der Waals surface area contributed by atoms with E-state index in [0.29, 0.717) is 5.92 Å². The summed E-state index contributed by atoms with van der Waals surface area (Å²) in [5.41, 5.74) is 4.87. The summed E-state index contributed by atoms with van der Waals surface area (Å²) < 4.78 is 0. The van der Waals surface area contributed by atoms with Crippen LogP contribution in [0.1, 0.15) is 42.6 Å². The largest absolute Gasteiger partial charge is 0.376 e. The first-order valence-corrected chi connectivity index (χ1v) is 9.48. The number of hydrogen-bond donors (Lipinski definition) is 1. The van der Waals surface area contributed by atoms with E-state index in [1.807, 2.05) is 18.3 Å². The number of anilines is 1. The molecule has 2 atom stereocenters. The molecule has 2 nitrogen and oxygen atoms in total. The fraction of sp³-hybridized carbons (Fsp3) is 0.160. The van der Waals surface area contributed by atoms with Crippen molar-refractivity contribution >= 4 is 16.5 Å². The van der Waals surface area contributed by atoms with E-state index < -0.39 is 0 Å². The number of rotatable bonds is 5. The van der Waals surface area contributed by atoms with E-state index in [4.69, 9.17) is 0 Å². The summed E-state index contributed by atoms with van der Waals surface area (Å²) in [6.45, 7) is 4.44. The molecule has 3 aromatic carbocycles. The van der Waals surface area contributed by atoms with Crippen molar-refractivity contribution in [3.63, 3.8) is 0 Å². The van der Waals surface area contributed by atoms with Gasteiger partial charge in [-0.15, -0.1) is 0 Å². The summed E-state index contributed by atoms with van der Waals surface area (Å²) in [6.07, 6.45) is 1.85. The number of benzene rings is 3. The van der Waals surface area contributed by atoms with Gasteiger partial charge in [0.25, 0.3) is 0 Å². The van der Waals surface area contributed by atoms with Crippen LogP contribution in [0, 0.1) is 0 Å². The third-order valence-electron chi connectivity index (χ3n) is 5.22. The Morgan fingerprint density at radius 1 is 0.741 bits per heavy atom. The highest BCUT2D eigenvalue weighted by atomic mass is 14.9. The Morgan fingerprint density at radius 2 is 1.48 bits per heavy atom.